The lowest BCUT2D eigenvalue weighted by Crippen LogP contribution is -2.46. The van der Waals surface area contributed by atoms with E-state index in [-0.39, 0.29) is 17.4 Å². The Balaban J connectivity index is 2.08. The largest absolute Gasteiger partial charge is 0.457 e. The Kier molecular flexibility index (Phi) is 4.39. The van der Waals surface area contributed by atoms with Crippen LogP contribution in [0.1, 0.15) is 56.8 Å². The quantitative estimate of drug-likeness (QED) is 0.875. The summed E-state index contributed by atoms with van der Waals surface area (Å²) in [6.45, 7) is 6.78. The monoisotopic (exact) mass is 327 g/mol. The van der Waals surface area contributed by atoms with E-state index < -0.39 is 0 Å². The Morgan fingerprint density at radius 3 is 2.63 bits per heavy atom. The third-order valence-electron chi connectivity index (χ3n) is 4.06. The van der Waals surface area contributed by atoms with E-state index in [1.54, 1.807) is 6.07 Å². The van der Waals surface area contributed by atoms with Crippen LogP contribution in [0.4, 0.5) is 0 Å². The number of halogens is 1. The van der Waals surface area contributed by atoms with Crippen molar-refractivity contribution in [1.82, 2.24) is 5.32 Å². The highest BCUT2D eigenvalue weighted by Gasteiger charge is 2.35. The maximum absolute atomic E-state index is 12.3. The molecule has 0 aromatic carbocycles. The van der Waals surface area contributed by atoms with Crippen molar-refractivity contribution in [3.05, 3.63) is 22.6 Å². The number of amides is 1. The van der Waals surface area contributed by atoms with Crippen LogP contribution in [-0.2, 0) is 0 Å². The summed E-state index contributed by atoms with van der Waals surface area (Å²) in [5.41, 5.74) is 0.810. The lowest BCUT2D eigenvalue weighted by atomic mass is 9.69. The van der Waals surface area contributed by atoms with Gasteiger partial charge in [0, 0.05) is 6.04 Å². The minimum atomic E-state index is -0.0400. The first-order chi connectivity index (χ1) is 8.89. The van der Waals surface area contributed by atoms with E-state index in [1.807, 2.05) is 0 Å². The van der Waals surface area contributed by atoms with Crippen LogP contribution >= 0.6 is 15.9 Å². The van der Waals surface area contributed by atoms with Gasteiger partial charge in [-0.05, 0) is 46.2 Å². The van der Waals surface area contributed by atoms with Gasteiger partial charge >= 0.3 is 0 Å². The average Bonchev–Trinajstić information content (AvgIpc) is 2.75. The first-order valence-corrected chi connectivity index (χ1v) is 7.73. The number of carbonyl (C=O) groups is 1. The zero-order chi connectivity index (χ0) is 14.0. The Bertz CT molecular complexity index is 447. The minimum absolute atomic E-state index is 0.0400. The maximum Gasteiger partial charge on any atom is 0.255 e. The first-order valence-electron chi connectivity index (χ1n) is 6.93. The number of nitrogens with one attached hydrogen (secondary N) is 1. The molecule has 1 amide bonds. The van der Waals surface area contributed by atoms with E-state index in [1.165, 1.54) is 25.5 Å². The SMILES string of the molecule is CC(C)(C)C1CCCCC1NC(=O)c1ccoc1Br. The fourth-order valence-electron chi connectivity index (χ4n) is 3.04. The summed E-state index contributed by atoms with van der Waals surface area (Å²) in [5, 5.41) is 3.19. The molecule has 1 saturated carbocycles. The van der Waals surface area contributed by atoms with E-state index in [0.29, 0.717) is 16.2 Å². The molecule has 2 atom stereocenters. The molecule has 1 N–H and O–H groups in total. The zero-order valence-corrected chi connectivity index (χ0v) is 13.4. The molecule has 0 aliphatic heterocycles. The second-order valence-electron chi connectivity index (χ2n) is 6.44. The summed E-state index contributed by atoms with van der Waals surface area (Å²) in [7, 11) is 0. The number of rotatable bonds is 2. The van der Waals surface area contributed by atoms with Crippen LogP contribution in [0, 0.1) is 11.3 Å². The van der Waals surface area contributed by atoms with Crippen molar-refractivity contribution < 1.29 is 9.21 Å². The smallest absolute Gasteiger partial charge is 0.255 e. The molecular weight excluding hydrogens is 306 g/mol. The fourth-order valence-corrected chi connectivity index (χ4v) is 3.46. The van der Waals surface area contributed by atoms with Crippen molar-refractivity contribution in [3.8, 4) is 0 Å². The second kappa shape index (κ2) is 5.70. The number of hydrogen-bond acceptors (Lipinski definition) is 2. The zero-order valence-electron chi connectivity index (χ0n) is 11.8. The van der Waals surface area contributed by atoms with Crippen molar-refractivity contribution in [2.45, 2.75) is 52.5 Å². The maximum atomic E-state index is 12.3. The minimum Gasteiger partial charge on any atom is -0.457 e. The molecule has 3 nitrogen and oxygen atoms in total. The van der Waals surface area contributed by atoms with Gasteiger partial charge in [-0.2, -0.15) is 0 Å². The van der Waals surface area contributed by atoms with Crippen molar-refractivity contribution in [2.24, 2.45) is 11.3 Å². The van der Waals surface area contributed by atoms with E-state index in [4.69, 9.17) is 4.42 Å². The summed E-state index contributed by atoms with van der Waals surface area (Å²) in [6, 6.07) is 1.97. The second-order valence-corrected chi connectivity index (χ2v) is 7.17. The van der Waals surface area contributed by atoms with Crippen LogP contribution in [0.2, 0.25) is 0 Å². The molecule has 106 valence electrons. The molecule has 1 aromatic rings. The summed E-state index contributed by atoms with van der Waals surface area (Å²) in [6.07, 6.45) is 6.26. The molecule has 0 spiro atoms. The molecule has 0 radical (unpaired) electrons. The van der Waals surface area contributed by atoms with Gasteiger partial charge in [-0.15, -0.1) is 0 Å². The van der Waals surface area contributed by atoms with Crippen molar-refractivity contribution >= 4 is 21.8 Å². The predicted octanol–water partition coefficient (Wildman–Crippen LogP) is 4.38. The van der Waals surface area contributed by atoms with Gasteiger partial charge in [-0.1, -0.05) is 33.6 Å². The Morgan fingerprint density at radius 2 is 2.05 bits per heavy atom. The predicted molar refractivity (Wildman–Crippen MR) is 79.1 cm³/mol. The molecule has 2 rings (SSSR count). The number of carbonyl (C=O) groups excluding carboxylic acids is 1. The van der Waals surface area contributed by atoms with Gasteiger partial charge < -0.3 is 9.73 Å². The molecular formula is C15H22BrNO2. The lowest BCUT2D eigenvalue weighted by Gasteiger charge is -2.40. The topological polar surface area (TPSA) is 42.2 Å². The molecule has 1 fully saturated rings. The normalized spacial score (nSPS) is 24.2. The molecule has 1 aliphatic carbocycles. The molecule has 0 bridgehead atoms. The average molecular weight is 328 g/mol. The summed E-state index contributed by atoms with van der Waals surface area (Å²) < 4.78 is 5.63. The molecule has 1 aromatic heterocycles. The Hall–Kier alpha value is -0.770. The van der Waals surface area contributed by atoms with Gasteiger partial charge in [-0.25, -0.2) is 0 Å². The van der Waals surface area contributed by atoms with Crippen LogP contribution in [-0.4, -0.2) is 11.9 Å². The van der Waals surface area contributed by atoms with E-state index >= 15 is 0 Å². The Labute approximate surface area is 123 Å². The van der Waals surface area contributed by atoms with Gasteiger partial charge in [0.15, 0.2) is 4.67 Å². The van der Waals surface area contributed by atoms with Crippen molar-refractivity contribution in [1.29, 1.82) is 0 Å². The Morgan fingerprint density at radius 1 is 1.37 bits per heavy atom. The third kappa shape index (κ3) is 3.41. The molecule has 4 heteroatoms. The highest BCUT2D eigenvalue weighted by atomic mass is 79.9. The highest BCUT2D eigenvalue weighted by molar-refractivity contribution is 9.10. The van der Waals surface area contributed by atoms with E-state index in [0.717, 1.165) is 6.42 Å². The van der Waals surface area contributed by atoms with E-state index in [2.05, 4.69) is 42.0 Å². The fraction of sp³-hybridized carbons (Fsp3) is 0.667. The lowest BCUT2D eigenvalue weighted by molar-refractivity contribution is 0.0828. The van der Waals surface area contributed by atoms with Crippen LogP contribution in [0.15, 0.2) is 21.4 Å². The molecule has 1 heterocycles. The molecule has 19 heavy (non-hydrogen) atoms. The molecule has 2 unspecified atom stereocenters. The van der Waals surface area contributed by atoms with Crippen LogP contribution in [0.5, 0.6) is 0 Å². The van der Waals surface area contributed by atoms with Crippen LogP contribution in [0.3, 0.4) is 0 Å². The molecule has 0 saturated heterocycles. The standard InChI is InChI=1S/C15H22BrNO2/c1-15(2,3)11-6-4-5-7-12(11)17-14(18)10-8-9-19-13(10)16/h8-9,11-12H,4-7H2,1-3H3,(H,17,18). The van der Waals surface area contributed by atoms with Crippen molar-refractivity contribution in [3.63, 3.8) is 0 Å². The van der Waals surface area contributed by atoms with Gasteiger partial charge in [0.05, 0.1) is 11.8 Å². The highest BCUT2D eigenvalue weighted by Crippen LogP contribution is 2.38. The van der Waals surface area contributed by atoms with Gasteiger partial charge in [0.2, 0.25) is 0 Å². The summed E-state index contributed by atoms with van der Waals surface area (Å²) in [5.74, 6) is 0.498. The molecule has 1 aliphatic rings. The van der Waals surface area contributed by atoms with Gasteiger partial charge in [-0.3, -0.25) is 4.79 Å². The number of hydrogen-bond donors (Lipinski definition) is 1. The number of furan rings is 1. The summed E-state index contributed by atoms with van der Waals surface area (Å²) in [4.78, 5) is 12.3. The third-order valence-corrected chi connectivity index (χ3v) is 4.67. The van der Waals surface area contributed by atoms with Crippen LogP contribution < -0.4 is 5.32 Å². The summed E-state index contributed by atoms with van der Waals surface area (Å²) >= 11 is 3.26. The van der Waals surface area contributed by atoms with Gasteiger partial charge in [0.25, 0.3) is 5.91 Å². The van der Waals surface area contributed by atoms with Crippen LogP contribution in [0.25, 0.3) is 0 Å². The van der Waals surface area contributed by atoms with Gasteiger partial charge in [0.1, 0.15) is 0 Å². The first kappa shape index (κ1) is 14.6. The van der Waals surface area contributed by atoms with Crippen molar-refractivity contribution in [2.75, 3.05) is 0 Å². The van der Waals surface area contributed by atoms with E-state index in [9.17, 15) is 4.79 Å².